The first-order valence-corrected chi connectivity index (χ1v) is 13.3. The summed E-state index contributed by atoms with van der Waals surface area (Å²) in [5.74, 6) is -4.08. The second-order valence-corrected chi connectivity index (χ2v) is 10.4. The molecular formula is C29H33N3O8. The van der Waals surface area contributed by atoms with Crippen LogP contribution in [0.2, 0.25) is 0 Å². The van der Waals surface area contributed by atoms with Crippen LogP contribution in [0.4, 0.5) is 11.4 Å². The summed E-state index contributed by atoms with van der Waals surface area (Å²) in [6.07, 6.45) is 0.348. The molecule has 2 aromatic carbocycles. The van der Waals surface area contributed by atoms with Crippen molar-refractivity contribution < 1.29 is 33.6 Å². The maximum Gasteiger partial charge on any atom is 0.339 e. The van der Waals surface area contributed by atoms with E-state index in [2.05, 4.69) is 5.32 Å². The lowest BCUT2D eigenvalue weighted by Gasteiger charge is -2.41. The van der Waals surface area contributed by atoms with Gasteiger partial charge in [0.2, 0.25) is 17.4 Å². The van der Waals surface area contributed by atoms with Crippen molar-refractivity contribution >= 4 is 35.1 Å². The molecule has 2 aliphatic rings. The van der Waals surface area contributed by atoms with E-state index in [0.717, 1.165) is 4.90 Å². The number of nitro groups is 1. The number of esters is 2. The summed E-state index contributed by atoms with van der Waals surface area (Å²) in [7, 11) is 0. The highest BCUT2D eigenvalue weighted by atomic mass is 16.6. The largest absolute Gasteiger partial charge is 0.464 e. The Morgan fingerprint density at radius 1 is 1.02 bits per heavy atom. The number of rotatable bonds is 8. The van der Waals surface area contributed by atoms with E-state index in [1.54, 1.807) is 38.1 Å². The fourth-order valence-electron chi connectivity index (χ4n) is 6.35. The number of fused-ring (bicyclic) bond motifs is 2. The van der Waals surface area contributed by atoms with Crippen molar-refractivity contribution in [3.8, 4) is 0 Å². The van der Waals surface area contributed by atoms with E-state index in [1.807, 2.05) is 13.8 Å². The highest BCUT2D eigenvalue weighted by Gasteiger charge is 2.80. The van der Waals surface area contributed by atoms with Crippen molar-refractivity contribution in [2.24, 2.45) is 11.8 Å². The van der Waals surface area contributed by atoms with Gasteiger partial charge in [0.25, 0.3) is 5.69 Å². The Labute approximate surface area is 232 Å². The van der Waals surface area contributed by atoms with Gasteiger partial charge in [-0.15, -0.1) is 0 Å². The number of ether oxygens (including phenoxy) is 2. The van der Waals surface area contributed by atoms with E-state index in [-0.39, 0.29) is 30.5 Å². The van der Waals surface area contributed by atoms with Crippen molar-refractivity contribution in [1.29, 1.82) is 0 Å². The fourth-order valence-corrected chi connectivity index (χ4v) is 6.35. The van der Waals surface area contributed by atoms with E-state index in [9.17, 15) is 29.3 Å². The van der Waals surface area contributed by atoms with E-state index in [0.29, 0.717) is 17.5 Å². The average molecular weight is 552 g/mol. The first-order valence-electron chi connectivity index (χ1n) is 13.3. The number of hydrogen-bond acceptors (Lipinski definition) is 9. The number of non-ortho nitro benzene ring substituents is 1. The fraction of sp³-hybridized carbons (Fsp3) is 0.448. The van der Waals surface area contributed by atoms with Crippen molar-refractivity contribution in [3.63, 3.8) is 0 Å². The Morgan fingerprint density at radius 3 is 2.10 bits per heavy atom. The maximum absolute atomic E-state index is 14.7. The van der Waals surface area contributed by atoms with Crippen LogP contribution in [0.5, 0.6) is 0 Å². The molecule has 2 aliphatic heterocycles. The van der Waals surface area contributed by atoms with Gasteiger partial charge in [-0.05, 0) is 43.4 Å². The summed E-state index contributed by atoms with van der Waals surface area (Å²) >= 11 is 0. The summed E-state index contributed by atoms with van der Waals surface area (Å²) in [4.78, 5) is 67.7. The number of hydrogen-bond donors (Lipinski definition) is 1. The number of amides is 2. The molecule has 1 fully saturated rings. The van der Waals surface area contributed by atoms with E-state index >= 15 is 0 Å². The highest BCUT2D eigenvalue weighted by Crippen LogP contribution is 2.62. The van der Waals surface area contributed by atoms with Gasteiger partial charge in [0.15, 0.2) is 0 Å². The minimum atomic E-state index is -2.36. The number of nitro benzene ring substituents is 1. The molecule has 11 nitrogen and oxygen atoms in total. The predicted molar refractivity (Wildman–Crippen MR) is 144 cm³/mol. The average Bonchev–Trinajstić information content (AvgIpc) is 3.35. The van der Waals surface area contributed by atoms with Crippen LogP contribution in [0.15, 0.2) is 48.5 Å². The second kappa shape index (κ2) is 10.8. The Kier molecular flexibility index (Phi) is 7.80. The summed E-state index contributed by atoms with van der Waals surface area (Å²) in [5, 5.41) is 14.5. The lowest BCUT2D eigenvalue weighted by molar-refractivity contribution is -0.384. The lowest BCUT2D eigenvalue weighted by atomic mass is 9.58. The Balaban J connectivity index is 2.13. The van der Waals surface area contributed by atoms with E-state index in [1.165, 1.54) is 31.2 Å². The zero-order valence-electron chi connectivity index (χ0n) is 23.1. The quantitative estimate of drug-likeness (QED) is 0.225. The van der Waals surface area contributed by atoms with Gasteiger partial charge in [0.05, 0.1) is 23.8 Å². The molecule has 11 heteroatoms. The van der Waals surface area contributed by atoms with Gasteiger partial charge in [-0.1, -0.05) is 44.2 Å². The summed E-state index contributed by atoms with van der Waals surface area (Å²) in [6.45, 7) is 8.15. The third kappa shape index (κ3) is 4.07. The number of benzene rings is 2. The normalized spacial score (nSPS) is 22.9. The standard InChI is InChI=1S/C29H33N3O8/c1-6-39-26(35)29(27(36)40-7-2)28(21-10-8-9-11-23(21)31(18(5)33)25(28)34)22(16-17(3)4)24(30-29)19-12-14-20(15-13-19)32(37)38/h8-15,17,22,24,30H,6-7,16H2,1-5H3/t22-,24-,28-/m1/s1. The van der Waals surface area contributed by atoms with Crippen molar-refractivity contribution in [3.05, 3.63) is 69.8 Å². The predicted octanol–water partition coefficient (Wildman–Crippen LogP) is 3.60. The van der Waals surface area contributed by atoms with Crippen molar-refractivity contribution in [1.82, 2.24) is 5.32 Å². The molecule has 1 spiro atoms. The molecule has 0 bridgehead atoms. The monoisotopic (exact) mass is 551 g/mol. The number of nitrogens with zero attached hydrogens (tertiary/aromatic N) is 2. The molecule has 0 unspecified atom stereocenters. The summed E-state index contributed by atoms with van der Waals surface area (Å²) < 4.78 is 11.0. The van der Waals surface area contributed by atoms with Crippen LogP contribution < -0.4 is 10.2 Å². The number of imide groups is 1. The van der Waals surface area contributed by atoms with Crippen LogP contribution in [-0.4, -0.2) is 47.4 Å². The van der Waals surface area contributed by atoms with Gasteiger partial charge in [-0.2, -0.15) is 0 Å². The Morgan fingerprint density at radius 2 is 1.60 bits per heavy atom. The summed E-state index contributed by atoms with van der Waals surface area (Å²) in [5.41, 5.74) is -3.29. The molecule has 0 radical (unpaired) electrons. The number of para-hydroxylation sites is 1. The smallest absolute Gasteiger partial charge is 0.339 e. The van der Waals surface area contributed by atoms with Crippen LogP contribution in [0.25, 0.3) is 0 Å². The van der Waals surface area contributed by atoms with Crippen LogP contribution in [-0.2, 0) is 34.1 Å². The topological polar surface area (TPSA) is 145 Å². The van der Waals surface area contributed by atoms with Gasteiger partial charge < -0.3 is 9.47 Å². The third-order valence-electron chi connectivity index (χ3n) is 7.70. The van der Waals surface area contributed by atoms with Crippen LogP contribution in [0, 0.1) is 22.0 Å². The van der Waals surface area contributed by atoms with Crippen LogP contribution in [0.3, 0.4) is 0 Å². The van der Waals surface area contributed by atoms with Gasteiger partial charge >= 0.3 is 11.9 Å². The second-order valence-electron chi connectivity index (χ2n) is 10.4. The van der Waals surface area contributed by atoms with Gasteiger partial charge in [0, 0.05) is 31.0 Å². The Hall–Kier alpha value is -4.12. The Bertz CT molecular complexity index is 1340. The van der Waals surface area contributed by atoms with Crippen LogP contribution in [0.1, 0.15) is 58.2 Å². The molecule has 2 amide bonds. The number of nitrogens with one attached hydrogen (secondary N) is 1. The minimum absolute atomic E-state index is 0.0178. The summed E-state index contributed by atoms with van der Waals surface area (Å²) in [6, 6.07) is 11.5. The van der Waals surface area contributed by atoms with Crippen molar-refractivity contribution in [2.45, 2.75) is 58.0 Å². The van der Waals surface area contributed by atoms with Crippen molar-refractivity contribution in [2.75, 3.05) is 18.1 Å². The molecular weight excluding hydrogens is 518 g/mol. The zero-order valence-corrected chi connectivity index (χ0v) is 23.1. The van der Waals surface area contributed by atoms with E-state index in [4.69, 9.17) is 9.47 Å². The first-order chi connectivity index (χ1) is 19.0. The SMILES string of the molecule is CCOC(=O)C1(C(=O)OCC)N[C@H](c2ccc([N+](=O)[O-])cc2)[C@@H](CC(C)C)[C@]12C(=O)N(C(C)=O)c1ccccc12. The lowest BCUT2D eigenvalue weighted by Crippen LogP contribution is -2.70. The molecule has 212 valence electrons. The maximum atomic E-state index is 14.7. The third-order valence-corrected chi connectivity index (χ3v) is 7.70. The number of anilines is 1. The van der Waals surface area contributed by atoms with Gasteiger partial charge in [0.1, 0.15) is 5.41 Å². The molecule has 0 aromatic heterocycles. The minimum Gasteiger partial charge on any atom is -0.464 e. The molecule has 2 heterocycles. The molecule has 1 saturated heterocycles. The van der Waals surface area contributed by atoms with Gasteiger partial charge in [-0.3, -0.25) is 25.0 Å². The molecule has 0 aliphatic carbocycles. The van der Waals surface area contributed by atoms with Crippen LogP contribution >= 0.6 is 0 Å². The number of carbonyl (C=O) groups excluding carboxylic acids is 4. The first kappa shape index (κ1) is 28.9. The molecule has 1 N–H and O–H groups in total. The molecule has 0 saturated carbocycles. The molecule has 4 rings (SSSR count). The van der Waals surface area contributed by atoms with E-state index < -0.39 is 51.6 Å². The van der Waals surface area contributed by atoms with Gasteiger partial charge in [-0.25, -0.2) is 14.5 Å². The molecule has 3 atom stereocenters. The number of carbonyl (C=O) groups is 4. The molecule has 40 heavy (non-hydrogen) atoms. The molecule has 2 aromatic rings. The zero-order chi connectivity index (χ0) is 29.4. The highest BCUT2D eigenvalue weighted by molar-refractivity contribution is 6.28.